The lowest BCUT2D eigenvalue weighted by molar-refractivity contribution is 0.332. The highest BCUT2D eigenvalue weighted by molar-refractivity contribution is 5.84. The van der Waals surface area contributed by atoms with Crippen LogP contribution in [-0.4, -0.2) is 11.7 Å². The van der Waals surface area contributed by atoms with Gasteiger partial charge in [-0.2, -0.15) is 0 Å². The lowest BCUT2D eigenvalue weighted by atomic mass is 10.1. The fourth-order valence-corrected chi connectivity index (χ4v) is 1.63. The Morgan fingerprint density at radius 1 is 1.13 bits per heavy atom. The van der Waals surface area contributed by atoms with Crippen molar-refractivity contribution in [1.29, 1.82) is 0 Å². The number of rotatable bonds is 2. The smallest absolute Gasteiger partial charge is 0.0642 e. The van der Waals surface area contributed by atoms with Gasteiger partial charge in [0.2, 0.25) is 0 Å². The summed E-state index contributed by atoms with van der Waals surface area (Å²) in [4.78, 5) is 0. The van der Waals surface area contributed by atoms with Crippen LogP contribution < -0.4 is 0 Å². The molecule has 1 N–H and O–H groups in total. The summed E-state index contributed by atoms with van der Waals surface area (Å²) in [6.07, 6.45) is 2.01. The van der Waals surface area contributed by atoms with E-state index in [4.69, 9.17) is 5.11 Å². The van der Waals surface area contributed by atoms with Crippen LogP contribution >= 0.6 is 0 Å². The second-order valence-electron chi connectivity index (χ2n) is 3.76. The minimum Gasteiger partial charge on any atom is -0.392 e. The third-order valence-corrected chi connectivity index (χ3v) is 2.44. The Hall–Kier alpha value is -1.60. The Morgan fingerprint density at radius 2 is 1.87 bits per heavy atom. The van der Waals surface area contributed by atoms with Gasteiger partial charge < -0.3 is 5.11 Å². The quantitative estimate of drug-likeness (QED) is 0.785. The first-order valence-corrected chi connectivity index (χ1v) is 5.06. The summed E-state index contributed by atoms with van der Waals surface area (Å²) < 4.78 is 0. The van der Waals surface area contributed by atoms with Crippen LogP contribution in [0.3, 0.4) is 0 Å². The minimum absolute atomic E-state index is 0.118. The Balaban J connectivity index is 2.47. The van der Waals surface area contributed by atoms with Crippen LogP contribution in [0.25, 0.3) is 16.8 Å². The molecule has 76 valence electrons. The van der Waals surface area contributed by atoms with Crippen LogP contribution in [0.4, 0.5) is 0 Å². The number of aliphatic hydroxyl groups excluding tert-OH is 1. The first-order valence-electron chi connectivity index (χ1n) is 5.06. The summed E-state index contributed by atoms with van der Waals surface area (Å²) in [6.45, 7) is 2.04. The number of benzene rings is 2. The van der Waals surface area contributed by atoms with Gasteiger partial charge in [-0.15, -0.1) is 0 Å². The first kappa shape index (κ1) is 9.94. The van der Waals surface area contributed by atoms with E-state index in [1.54, 1.807) is 0 Å². The van der Waals surface area contributed by atoms with Crippen LogP contribution in [0, 0.1) is 0 Å². The van der Waals surface area contributed by atoms with Crippen molar-refractivity contribution < 1.29 is 5.11 Å². The first-order chi connectivity index (χ1) is 7.29. The molecular formula is C14H14O. The molecule has 0 aromatic heterocycles. The summed E-state index contributed by atoms with van der Waals surface area (Å²) >= 11 is 0. The molecule has 0 aliphatic heterocycles. The van der Waals surface area contributed by atoms with Crippen molar-refractivity contribution in [2.75, 3.05) is 6.61 Å². The highest BCUT2D eigenvalue weighted by Gasteiger charge is 1.94. The molecule has 1 nitrogen and oxygen atoms in total. The van der Waals surface area contributed by atoms with Crippen LogP contribution in [0.1, 0.15) is 12.5 Å². The van der Waals surface area contributed by atoms with E-state index in [2.05, 4.69) is 30.3 Å². The van der Waals surface area contributed by atoms with Crippen molar-refractivity contribution in [2.24, 2.45) is 0 Å². The van der Waals surface area contributed by atoms with Crippen molar-refractivity contribution in [3.8, 4) is 0 Å². The van der Waals surface area contributed by atoms with E-state index < -0.39 is 0 Å². The average molecular weight is 198 g/mol. The van der Waals surface area contributed by atoms with Gasteiger partial charge in [0.1, 0.15) is 0 Å². The molecule has 0 atom stereocenters. The van der Waals surface area contributed by atoms with Crippen molar-refractivity contribution >= 4 is 16.8 Å². The van der Waals surface area contributed by atoms with Gasteiger partial charge in [-0.1, -0.05) is 42.5 Å². The molecule has 0 amide bonds. The van der Waals surface area contributed by atoms with E-state index >= 15 is 0 Å². The maximum absolute atomic E-state index is 8.94. The number of hydrogen-bond donors (Lipinski definition) is 1. The highest BCUT2D eigenvalue weighted by atomic mass is 16.3. The summed E-state index contributed by atoms with van der Waals surface area (Å²) in [7, 11) is 0. The van der Waals surface area contributed by atoms with Crippen LogP contribution in [-0.2, 0) is 0 Å². The molecule has 0 saturated carbocycles. The third kappa shape index (κ3) is 2.25. The standard InChI is InChI=1S/C14H14O/c1-11(10-15)8-12-6-7-13-4-2-3-5-14(13)9-12/h2-9,15H,10H2,1H3. The fourth-order valence-electron chi connectivity index (χ4n) is 1.63. The highest BCUT2D eigenvalue weighted by Crippen LogP contribution is 2.17. The van der Waals surface area contributed by atoms with Gasteiger partial charge in [0.25, 0.3) is 0 Å². The van der Waals surface area contributed by atoms with Crippen LogP contribution in [0.2, 0.25) is 0 Å². The molecular weight excluding hydrogens is 184 g/mol. The Kier molecular flexibility index (Phi) is 2.84. The molecule has 0 saturated heterocycles. The van der Waals surface area contributed by atoms with Crippen molar-refractivity contribution in [1.82, 2.24) is 0 Å². The van der Waals surface area contributed by atoms with Crippen molar-refractivity contribution in [2.45, 2.75) is 6.92 Å². The summed E-state index contributed by atoms with van der Waals surface area (Å²) in [6, 6.07) is 14.6. The molecule has 0 radical (unpaired) electrons. The van der Waals surface area contributed by atoms with E-state index in [9.17, 15) is 0 Å². The molecule has 0 spiro atoms. The van der Waals surface area contributed by atoms with Gasteiger partial charge in [0, 0.05) is 0 Å². The molecule has 0 heterocycles. The zero-order valence-electron chi connectivity index (χ0n) is 8.77. The molecule has 2 rings (SSSR count). The molecule has 0 fully saturated rings. The Labute approximate surface area is 89.7 Å². The molecule has 0 aliphatic rings. The Bertz CT molecular complexity index is 497. The van der Waals surface area contributed by atoms with Crippen LogP contribution in [0.15, 0.2) is 48.0 Å². The summed E-state index contributed by atoms with van der Waals surface area (Å²) in [5.74, 6) is 0. The van der Waals surface area contributed by atoms with E-state index in [1.807, 2.05) is 25.1 Å². The van der Waals surface area contributed by atoms with E-state index in [-0.39, 0.29) is 6.61 Å². The van der Waals surface area contributed by atoms with E-state index in [0.29, 0.717) is 0 Å². The van der Waals surface area contributed by atoms with Crippen molar-refractivity contribution in [3.63, 3.8) is 0 Å². The van der Waals surface area contributed by atoms with E-state index in [1.165, 1.54) is 10.8 Å². The maximum atomic E-state index is 8.94. The number of aliphatic hydroxyl groups is 1. The second-order valence-corrected chi connectivity index (χ2v) is 3.76. The number of fused-ring (bicyclic) bond motifs is 1. The molecule has 15 heavy (non-hydrogen) atoms. The second kappa shape index (κ2) is 4.28. The minimum atomic E-state index is 0.118. The average Bonchev–Trinajstić information content (AvgIpc) is 2.29. The SMILES string of the molecule is CC(=Cc1ccc2ccccc2c1)CO. The van der Waals surface area contributed by atoms with Gasteiger partial charge in [0.05, 0.1) is 6.61 Å². The normalized spacial score (nSPS) is 12.0. The van der Waals surface area contributed by atoms with Gasteiger partial charge in [0.15, 0.2) is 0 Å². The van der Waals surface area contributed by atoms with Crippen molar-refractivity contribution in [3.05, 3.63) is 53.6 Å². The fraction of sp³-hybridized carbons (Fsp3) is 0.143. The van der Waals surface area contributed by atoms with Crippen LogP contribution in [0.5, 0.6) is 0 Å². The Morgan fingerprint density at radius 3 is 2.60 bits per heavy atom. The third-order valence-electron chi connectivity index (χ3n) is 2.44. The lowest BCUT2D eigenvalue weighted by Gasteiger charge is -2.00. The predicted molar refractivity (Wildman–Crippen MR) is 64.7 cm³/mol. The van der Waals surface area contributed by atoms with Gasteiger partial charge in [-0.05, 0) is 34.9 Å². The largest absolute Gasteiger partial charge is 0.392 e. The predicted octanol–water partition coefficient (Wildman–Crippen LogP) is 3.24. The topological polar surface area (TPSA) is 20.2 Å². The summed E-state index contributed by atoms with van der Waals surface area (Å²) in [5.41, 5.74) is 2.12. The van der Waals surface area contributed by atoms with Gasteiger partial charge in [-0.25, -0.2) is 0 Å². The monoisotopic (exact) mass is 198 g/mol. The molecule has 0 aliphatic carbocycles. The zero-order chi connectivity index (χ0) is 10.7. The summed E-state index contributed by atoms with van der Waals surface area (Å²) in [5, 5.41) is 11.4. The molecule has 0 unspecified atom stereocenters. The van der Waals surface area contributed by atoms with Gasteiger partial charge in [-0.3, -0.25) is 0 Å². The lowest BCUT2D eigenvalue weighted by Crippen LogP contribution is -1.83. The van der Waals surface area contributed by atoms with E-state index in [0.717, 1.165) is 11.1 Å². The molecule has 2 aromatic rings. The molecule has 2 aromatic carbocycles. The van der Waals surface area contributed by atoms with Gasteiger partial charge >= 0.3 is 0 Å². The zero-order valence-corrected chi connectivity index (χ0v) is 8.77. The molecule has 0 bridgehead atoms. The number of hydrogen-bond acceptors (Lipinski definition) is 1. The maximum Gasteiger partial charge on any atom is 0.0642 e. The molecule has 1 heteroatoms.